The van der Waals surface area contributed by atoms with Crippen LogP contribution < -0.4 is 15.4 Å². The molecular formula is C21H30N2O5. The molecule has 2 rings (SSSR count). The zero-order valence-corrected chi connectivity index (χ0v) is 16.6. The molecule has 2 unspecified atom stereocenters. The van der Waals surface area contributed by atoms with Crippen molar-refractivity contribution in [3.05, 3.63) is 29.8 Å². The molecule has 0 bridgehead atoms. The van der Waals surface area contributed by atoms with E-state index in [0.29, 0.717) is 18.1 Å². The van der Waals surface area contributed by atoms with E-state index in [9.17, 15) is 14.4 Å². The number of aliphatic carboxylic acids is 1. The fourth-order valence-corrected chi connectivity index (χ4v) is 3.44. The van der Waals surface area contributed by atoms with Gasteiger partial charge in [-0.05, 0) is 50.3 Å². The number of nitrogens with one attached hydrogen (secondary N) is 2. The number of amides is 2. The number of carboxylic acids is 1. The Bertz CT molecular complexity index is 668. The lowest BCUT2D eigenvalue weighted by molar-refractivity contribution is -0.139. The van der Waals surface area contributed by atoms with Crippen molar-refractivity contribution in [2.45, 2.75) is 64.5 Å². The molecule has 7 nitrogen and oxygen atoms in total. The summed E-state index contributed by atoms with van der Waals surface area (Å²) in [5.74, 6) is -0.458. The Morgan fingerprint density at radius 2 is 1.71 bits per heavy atom. The van der Waals surface area contributed by atoms with E-state index < -0.39 is 18.6 Å². The van der Waals surface area contributed by atoms with Crippen LogP contribution >= 0.6 is 0 Å². The molecule has 1 fully saturated rings. The van der Waals surface area contributed by atoms with Gasteiger partial charge >= 0.3 is 5.97 Å². The maximum atomic E-state index is 12.4. The molecule has 1 aliphatic rings. The lowest BCUT2D eigenvalue weighted by Crippen LogP contribution is -2.45. The Labute approximate surface area is 165 Å². The highest BCUT2D eigenvalue weighted by Crippen LogP contribution is 2.26. The van der Waals surface area contributed by atoms with E-state index in [1.54, 1.807) is 31.2 Å². The molecule has 0 aliphatic heterocycles. The zero-order chi connectivity index (χ0) is 20.5. The third-order valence-electron chi connectivity index (χ3n) is 5.07. The summed E-state index contributed by atoms with van der Waals surface area (Å²) in [7, 11) is 0. The minimum absolute atomic E-state index is 0.0675. The maximum Gasteiger partial charge on any atom is 0.341 e. The predicted octanol–water partition coefficient (Wildman–Crippen LogP) is 2.80. The Balaban J connectivity index is 1.78. The van der Waals surface area contributed by atoms with Gasteiger partial charge in [0.2, 0.25) is 11.8 Å². The SMILES string of the molecule is CC(NC(=O)CC1CCCCC1)C(=O)NC(C)c1ccc(OCC(=O)O)cc1. The van der Waals surface area contributed by atoms with E-state index in [-0.39, 0.29) is 17.9 Å². The number of benzene rings is 1. The second kappa shape index (κ2) is 10.7. The molecule has 0 heterocycles. The summed E-state index contributed by atoms with van der Waals surface area (Å²) in [6.07, 6.45) is 6.30. The standard InChI is InChI=1S/C21H30N2O5/c1-14(17-8-10-18(11-9-17)28-13-20(25)26)23-21(27)15(2)22-19(24)12-16-6-4-3-5-7-16/h8-11,14-16H,3-7,12-13H2,1-2H3,(H,22,24)(H,23,27)(H,25,26). The van der Waals surface area contributed by atoms with E-state index in [4.69, 9.17) is 9.84 Å². The van der Waals surface area contributed by atoms with Gasteiger partial charge in [0.1, 0.15) is 11.8 Å². The minimum atomic E-state index is -1.04. The molecule has 1 aromatic carbocycles. The molecule has 154 valence electrons. The van der Waals surface area contributed by atoms with Crippen LogP contribution in [0.15, 0.2) is 24.3 Å². The molecule has 1 aliphatic carbocycles. The minimum Gasteiger partial charge on any atom is -0.482 e. The summed E-state index contributed by atoms with van der Waals surface area (Å²) >= 11 is 0. The molecule has 0 aromatic heterocycles. The second-order valence-corrected chi connectivity index (χ2v) is 7.48. The van der Waals surface area contributed by atoms with Gasteiger partial charge in [-0.3, -0.25) is 9.59 Å². The first-order valence-corrected chi connectivity index (χ1v) is 9.89. The number of rotatable bonds is 9. The number of hydrogen-bond donors (Lipinski definition) is 3. The summed E-state index contributed by atoms with van der Waals surface area (Å²) in [6.45, 7) is 3.13. The molecule has 1 aromatic rings. The van der Waals surface area contributed by atoms with Crippen LogP contribution in [0.4, 0.5) is 0 Å². The molecule has 0 spiro atoms. The van der Waals surface area contributed by atoms with Gasteiger partial charge in [-0.15, -0.1) is 0 Å². The molecule has 28 heavy (non-hydrogen) atoms. The third kappa shape index (κ3) is 7.21. The first-order chi connectivity index (χ1) is 13.3. The fraction of sp³-hybridized carbons (Fsp3) is 0.571. The van der Waals surface area contributed by atoms with E-state index >= 15 is 0 Å². The molecule has 1 saturated carbocycles. The van der Waals surface area contributed by atoms with E-state index in [2.05, 4.69) is 10.6 Å². The van der Waals surface area contributed by atoms with Gasteiger partial charge in [-0.2, -0.15) is 0 Å². The number of ether oxygens (including phenoxy) is 1. The number of carboxylic acid groups (broad SMARTS) is 1. The summed E-state index contributed by atoms with van der Waals surface area (Å²) in [5.41, 5.74) is 0.858. The Morgan fingerprint density at radius 3 is 2.32 bits per heavy atom. The van der Waals surface area contributed by atoms with Crippen LogP contribution in [-0.4, -0.2) is 35.5 Å². The van der Waals surface area contributed by atoms with Crippen LogP contribution in [0.1, 0.15) is 64.0 Å². The van der Waals surface area contributed by atoms with Crippen LogP contribution in [0, 0.1) is 5.92 Å². The third-order valence-corrected chi connectivity index (χ3v) is 5.07. The first-order valence-electron chi connectivity index (χ1n) is 9.89. The molecule has 2 amide bonds. The van der Waals surface area contributed by atoms with Crippen molar-refractivity contribution in [3.8, 4) is 5.75 Å². The van der Waals surface area contributed by atoms with Crippen LogP contribution in [0.2, 0.25) is 0 Å². The number of carbonyl (C=O) groups is 3. The highest BCUT2D eigenvalue weighted by molar-refractivity contribution is 5.87. The zero-order valence-electron chi connectivity index (χ0n) is 16.6. The normalized spacial score (nSPS) is 16.6. The molecular weight excluding hydrogens is 360 g/mol. The van der Waals surface area contributed by atoms with Crippen LogP contribution in [-0.2, 0) is 14.4 Å². The average molecular weight is 390 g/mol. The second-order valence-electron chi connectivity index (χ2n) is 7.48. The summed E-state index contributed by atoms with van der Waals surface area (Å²) in [6, 6.07) is 6.02. The fourth-order valence-electron chi connectivity index (χ4n) is 3.44. The maximum absolute atomic E-state index is 12.4. The van der Waals surface area contributed by atoms with Crippen LogP contribution in [0.3, 0.4) is 0 Å². The smallest absolute Gasteiger partial charge is 0.341 e. The molecule has 7 heteroatoms. The molecule has 0 radical (unpaired) electrons. The molecule has 3 N–H and O–H groups in total. The van der Waals surface area contributed by atoms with Crippen LogP contribution in [0.5, 0.6) is 5.75 Å². The van der Waals surface area contributed by atoms with Gasteiger partial charge in [0.05, 0.1) is 6.04 Å². The Morgan fingerprint density at radius 1 is 1.07 bits per heavy atom. The van der Waals surface area contributed by atoms with Crippen molar-refractivity contribution >= 4 is 17.8 Å². The van der Waals surface area contributed by atoms with Crippen LogP contribution in [0.25, 0.3) is 0 Å². The monoisotopic (exact) mass is 390 g/mol. The van der Waals surface area contributed by atoms with Crippen molar-refractivity contribution in [2.24, 2.45) is 5.92 Å². The van der Waals surface area contributed by atoms with Crippen molar-refractivity contribution in [1.82, 2.24) is 10.6 Å². The van der Waals surface area contributed by atoms with Crippen molar-refractivity contribution in [1.29, 1.82) is 0 Å². The van der Waals surface area contributed by atoms with Gasteiger partial charge in [-0.25, -0.2) is 4.79 Å². The average Bonchev–Trinajstić information content (AvgIpc) is 2.67. The summed E-state index contributed by atoms with van der Waals surface area (Å²) in [5, 5.41) is 14.3. The Kier molecular flexibility index (Phi) is 8.29. The van der Waals surface area contributed by atoms with Gasteiger partial charge in [0.15, 0.2) is 6.61 Å². The summed E-state index contributed by atoms with van der Waals surface area (Å²) < 4.78 is 5.09. The predicted molar refractivity (Wildman–Crippen MR) is 105 cm³/mol. The van der Waals surface area contributed by atoms with Crippen molar-refractivity contribution < 1.29 is 24.2 Å². The highest BCUT2D eigenvalue weighted by atomic mass is 16.5. The highest BCUT2D eigenvalue weighted by Gasteiger charge is 2.21. The Hall–Kier alpha value is -2.57. The molecule has 2 atom stereocenters. The topological polar surface area (TPSA) is 105 Å². The van der Waals surface area contributed by atoms with Gasteiger partial charge in [0, 0.05) is 6.42 Å². The largest absolute Gasteiger partial charge is 0.482 e. The van der Waals surface area contributed by atoms with Crippen molar-refractivity contribution in [2.75, 3.05) is 6.61 Å². The van der Waals surface area contributed by atoms with Crippen molar-refractivity contribution in [3.63, 3.8) is 0 Å². The number of carbonyl (C=O) groups excluding carboxylic acids is 2. The lowest BCUT2D eigenvalue weighted by atomic mass is 9.87. The quantitative estimate of drug-likeness (QED) is 0.601. The molecule has 0 saturated heterocycles. The van der Waals surface area contributed by atoms with Gasteiger partial charge < -0.3 is 20.5 Å². The lowest BCUT2D eigenvalue weighted by Gasteiger charge is -2.23. The van der Waals surface area contributed by atoms with Gasteiger partial charge in [-0.1, -0.05) is 31.4 Å². The van der Waals surface area contributed by atoms with E-state index in [0.717, 1.165) is 18.4 Å². The first kappa shape index (κ1) is 21.7. The summed E-state index contributed by atoms with van der Waals surface area (Å²) in [4.78, 5) is 35.1. The van der Waals surface area contributed by atoms with E-state index in [1.165, 1.54) is 19.3 Å². The number of hydrogen-bond acceptors (Lipinski definition) is 4. The van der Waals surface area contributed by atoms with Gasteiger partial charge in [0.25, 0.3) is 0 Å². The van der Waals surface area contributed by atoms with E-state index in [1.807, 2.05) is 6.92 Å².